The van der Waals surface area contributed by atoms with E-state index in [-0.39, 0.29) is 36.8 Å². The van der Waals surface area contributed by atoms with Gasteiger partial charge < -0.3 is 15.5 Å². The Morgan fingerprint density at radius 3 is 2.73 bits per heavy atom. The number of carbonyl (C=O) groups excluding carboxylic acids is 1. The quantitative estimate of drug-likeness (QED) is 0.646. The van der Waals surface area contributed by atoms with E-state index in [0.717, 1.165) is 44.9 Å². The molecule has 0 bridgehead atoms. The molecule has 3 heterocycles. The van der Waals surface area contributed by atoms with Gasteiger partial charge in [0, 0.05) is 31.4 Å². The molecule has 2 aromatic heterocycles. The molecule has 1 fully saturated rings. The van der Waals surface area contributed by atoms with Crippen LogP contribution in [0.1, 0.15) is 16.6 Å². The molecule has 1 aliphatic heterocycles. The lowest BCUT2D eigenvalue weighted by Crippen LogP contribution is -2.52. The van der Waals surface area contributed by atoms with Crippen LogP contribution in [0.5, 0.6) is 0 Å². The molecule has 2 N–H and O–H groups in total. The smallest absolute Gasteiger partial charge is 0.264 e. The summed E-state index contributed by atoms with van der Waals surface area (Å²) in [7, 11) is 0. The largest absolute Gasteiger partial charge is 0.333 e. The summed E-state index contributed by atoms with van der Waals surface area (Å²) >= 11 is 3.06. The van der Waals surface area contributed by atoms with Crippen LogP contribution in [0.4, 0.5) is 10.8 Å². The first-order chi connectivity index (χ1) is 11.7. The van der Waals surface area contributed by atoms with Gasteiger partial charge in [-0.25, -0.2) is 4.98 Å². The average molecular weight is 431 g/mol. The number of anilines is 2. The Morgan fingerprint density at radius 2 is 2.04 bits per heavy atom. The maximum absolute atomic E-state index is 12.7. The van der Waals surface area contributed by atoms with Crippen LogP contribution in [-0.2, 0) is 0 Å². The van der Waals surface area contributed by atoms with Crippen molar-refractivity contribution in [2.45, 2.75) is 13.0 Å². The highest BCUT2D eigenvalue weighted by Gasteiger charge is 2.26. The monoisotopic (exact) mass is 430 g/mol. The number of thiophene rings is 1. The minimum Gasteiger partial charge on any atom is -0.333 e. The number of piperazine rings is 1. The van der Waals surface area contributed by atoms with Crippen LogP contribution in [0, 0.1) is 0 Å². The highest BCUT2D eigenvalue weighted by molar-refractivity contribution is 7.29. The Kier molecular flexibility index (Phi) is 7.25. The first kappa shape index (κ1) is 20.9. The van der Waals surface area contributed by atoms with Gasteiger partial charge in [0.05, 0.1) is 9.58 Å². The first-order valence-electron chi connectivity index (χ1n) is 7.95. The average Bonchev–Trinajstić information content (AvgIpc) is 3.14. The van der Waals surface area contributed by atoms with Crippen LogP contribution in [0.2, 0.25) is 0 Å². The van der Waals surface area contributed by atoms with Crippen LogP contribution in [0.25, 0.3) is 9.53 Å². The van der Waals surface area contributed by atoms with Gasteiger partial charge in [-0.2, -0.15) is 0 Å². The number of nitrogens with one attached hydrogen (secondary N) is 2. The lowest BCUT2D eigenvalue weighted by atomic mass is 10.2. The van der Waals surface area contributed by atoms with Crippen molar-refractivity contribution in [1.82, 2.24) is 15.2 Å². The van der Waals surface area contributed by atoms with Crippen molar-refractivity contribution < 1.29 is 4.79 Å². The molecule has 0 radical (unpaired) electrons. The minimum absolute atomic E-state index is 0. The normalized spacial score (nSPS) is 16.7. The molecule has 9 heteroatoms. The number of carbonyl (C=O) groups is 1. The summed E-state index contributed by atoms with van der Waals surface area (Å²) in [5.74, 6) is 0.122. The minimum atomic E-state index is 0. The number of rotatable bonds is 3. The predicted molar refractivity (Wildman–Crippen MR) is 115 cm³/mol. The molecular formula is C17H20Cl2N4OS2. The van der Waals surface area contributed by atoms with E-state index in [1.54, 1.807) is 11.3 Å². The number of hydrogen-bond donors (Lipinski definition) is 2. The summed E-state index contributed by atoms with van der Waals surface area (Å²) in [4.78, 5) is 21.0. The molecular weight excluding hydrogens is 411 g/mol. The molecule has 4 rings (SSSR count). The van der Waals surface area contributed by atoms with Gasteiger partial charge in [-0.15, -0.1) is 36.2 Å². The summed E-state index contributed by atoms with van der Waals surface area (Å²) in [5.41, 5.74) is 1.02. The zero-order chi connectivity index (χ0) is 16.5. The standard InChI is InChI=1S/C17H18N4OS2.2ClH/c1-11-10-18-7-8-21(11)16(22)14-9-13-15(23-14)20-17(24-13)19-12-5-3-2-4-6-12;;/h2-6,9,11,18H,7-8,10H2,1H3,(H,19,20);2*1H. The fraction of sp³-hybridized carbons (Fsp3) is 0.294. The third-order valence-electron chi connectivity index (χ3n) is 4.09. The van der Waals surface area contributed by atoms with E-state index < -0.39 is 0 Å². The van der Waals surface area contributed by atoms with Crippen LogP contribution in [0.15, 0.2) is 36.4 Å². The number of amides is 1. The fourth-order valence-electron chi connectivity index (χ4n) is 2.82. The third kappa shape index (κ3) is 4.29. The molecule has 1 aromatic carbocycles. The van der Waals surface area contributed by atoms with E-state index in [0.29, 0.717) is 0 Å². The lowest BCUT2D eigenvalue weighted by Gasteiger charge is -2.33. The van der Waals surface area contributed by atoms with Gasteiger partial charge in [0.15, 0.2) is 5.13 Å². The molecule has 1 atom stereocenters. The van der Waals surface area contributed by atoms with Crippen molar-refractivity contribution in [3.8, 4) is 0 Å². The summed E-state index contributed by atoms with van der Waals surface area (Å²) < 4.78 is 1.06. The van der Waals surface area contributed by atoms with Gasteiger partial charge in [-0.3, -0.25) is 4.79 Å². The molecule has 1 unspecified atom stereocenters. The topological polar surface area (TPSA) is 57.3 Å². The van der Waals surface area contributed by atoms with Crippen LogP contribution >= 0.6 is 47.5 Å². The van der Waals surface area contributed by atoms with Gasteiger partial charge >= 0.3 is 0 Å². The number of halogens is 2. The van der Waals surface area contributed by atoms with Gasteiger partial charge in [0.2, 0.25) is 0 Å². The van der Waals surface area contributed by atoms with Crippen molar-refractivity contribution in [3.05, 3.63) is 41.3 Å². The van der Waals surface area contributed by atoms with Crippen molar-refractivity contribution in [2.24, 2.45) is 0 Å². The molecule has 3 aromatic rings. The number of nitrogens with zero attached hydrogens (tertiary/aromatic N) is 2. The number of aromatic nitrogens is 1. The molecule has 26 heavy (non-hydrogen) atoms. The Morgan fingerprint density at radius 1 is 1.27 bits per heavy atom. The molecule has 0 aliphatic carbocycles. The first-order valence-corrected chi connectivity index (χ1v) is 9.58. The van der Waals surface area contributed by atoms with Crippen LogP contribution in [0.3, 0.4) is 0 Å². The fourth-order valence-corrected chi connectivity index (χ4v) is 4.92. The van der Waals surface area contributed by atoms with Crippen molar-refractivity contribution in [3.63, 3.8) is 0 Å². The Hall–Kier alpha value is -1.38. The third-order valence-corrected chi connectivity index (χ3v) is 6.15. The second-order valence-electron chi connectivity index (χ2n) is 5.84. The summed E-state index contributed by atoms with van der Waals surface area (Å²) in [6.07, 6.45) is 0. The van der Waals surface area contributed by atoms with E-state index in [4.69, 9.17) is 0 Å². The molecule has 0 spiro atoms. The van der Waals surface area contributed by atoms with Crippen LogP contribution in [-0.4, -0.2) is 41.5 Å². The van der Waals surface area contributed by atoms with Crippen molar-refractivity contribution in [1.29, 1.82) is 0 Å². The number of para-hydroxylation sites is 1. The second-order valence-corrected chi connectivity index (χ2v) is 7.90. The Balaban J connectivity index is 0.00000121. The van der Waals surface area contributed by atoms with E-state index in [9.17, 15) is 4.79 Å². The number of thiazole rings is 1. The van der Waals surface area contributed by atoms with Gasteiger partial charge in [0.25, 0.3) is 5.91 Å². The zero-order valence-electron chi connectivity index (χ0n) is 14.1. The molecule has 140 valence electrons. The predicted octanol–water partition coefficient (Wildman–Crippen LogP) is 4.38. The van der Waals surface area contributed by atoms with Crippen molar-refractivity contribution >= 4 is 73.7 Å². The van der Waals surface area contributed by atoms with E-state index in [2.05, 4.69) is 22.5 Å². The summed E-state index contributed by atoms with van der Waals surface area (Å²) in [5, 5.41) is 7.48. The van der Waals surface area contributed by atoms with Gasteiger partial charge in [-0.1, -0.05) is 29.5 Å². The second kappa shape index (κ2) is 9.01. The summed E-state index contributed by atoms with van der Waals surface area (Å²) in [6.45, 7) is 4.56. The molecule has 0 saturated carbocycles. The molecule has 5 nitrogen and oxygen atoms in total. The van der Waals surface area contributed by atoms with E-state index in [1.165, 1.54) is 11.3 Å². The molecule has 1 aliphatic rings. The Labute approximate surface area is 172 Å². The lowest BCUT2D eigenvalue weighted by molar-refractivity contribution is 0.0661. The SMILES string of the molecule is CC1CNCCN1C(=O)c1cc2sc(Nc3ccccc3)nc2s1.Cl.Cl. The maximum atomic E-state index is 12.7. The van der Waals surface area contributed by atoms with Crippen molar-refractivity contribution in [2.75, 3.05) is 25.0 Å². The number of benzene rings is 1. The Bertz CT molecular complexity index is 837. The van der Waals surface area contributed by atoms with E-state index in [1.807, 2.05) is 41.3 Å². The number of hydrogen-bond acceptors (Lipinski definition) is 6. The zero-order valence-corrected chi connectivity index (χ0v) is 17.4. The van der Waals surface area contributed by atoms with Gasteiger partial charge in [0.1, 0.15) is 4.83 Å². The van der Waals surface area contributed by atoms with E-state index >= 15 is 0 Å². The molecule has 1 saturated heterocycles. The molecule has 1 amide bonds. The maximum Gasteiger partial charge on any atom is 0.264 e. The highest BCUT2D eigenvalue weighted by atomic mass is 35.5. The van der Waals surface area contributed by atoms with Crippen LogP contribution < -0.4 is 10.6 Å². The number of fused-ring (bicyclic) bond motifs is 1. The highest BCUT2D eigenvalue weighted by Crippen LogP contribution is 2.34. The van der Waals surface area contributed by atoms with Gasteiger partial charge in [-0.05, 0) is 25.1 Å². The summed E-state index contributed by atoms with van der Waals surface area (Å²) in [6, 6.07) is 12.2.